The van der Waals surface area contributed by atoms with E-state index in [-0.39, 0.29) is 0 Å². The Morgan fingerprint density at radius 1 is 1.26 bits per heavy atom. The van der Waals surface area contributed by atoms with Crippen molar-refractivity contribution in [3.05, 3.63) is 30.6 Å². The first-order valence-electron chi connectivity index (χ1n) is 7.55. The zero-order chi connectivity index (χ0) is 13.1. The van der Waals surface area contributed by atoms with Crippen LogP contribution in [0.15, 0.2) is 30.6 Å². The van der Waals surface area contributed by atoms with Gasteiger partial charge in [0.25, 0.3) is 0 Å². The molecule has 19 heavy (non-hydrogen) atoms. The second-order valence-electron chi connectivity index (χ2n) is 5.72. The zero-order valence-corrected chi connectivity index (χ0v) is 11.7. The number of rotatable bonds is 4. The normalized spacial score (nSPS) is 23.6. The number of pyridine rings is 1. The summed E-state index contributed by atoms with van der Waals surface area (Å²) in [6.45, 7) is 2.30. The molecule has 3 nitrogen and oxygen atoms in total. The van der Waals surface area contributed by atoms with Gasteiger partial charge in [0, 0.05) is 18.4 Å². The number of anilines is 1. The number of fused-ring (bicyclic) bond motifs is 1. The van der Waals surface area contributed by atoms with Gasteiger partial charge in [-0.25, -0.2) is 4.98 Å². The van der Waals surface area contributed by atoms with Crippen molar-refractivity contribution in [1.29, 1.82) is 0 Å². The Morgan fingerprint density at radius 3 is 2.89 bits per heavy atom. The summed E-state index contributed by atoms with van der Waals surface area (Å²) in [6, 6.07) is 6.89. The molecule has 0 aromatic carbocycles. The molecular formula is C16H23N3. The van der Waals surface area contributed by atoms with E-state index in [0.29, 0.717) is 6.04 Å². The maximum atomic E-state index is 4.33. The summed E-state index contributed by atoms with van der Waals surface area (Å²) >= 11 is 0. The molecule has 0 amide bonds. The van der Waals surface area contributed by atoms with E-state index < -0.39 is 0 Å². The van der Waals surface area contributed by atoms with Gasteiger partial charge in [0.05, 0.1) is 0 Å². The molecule has 1 saturated carbocycles. The average Bonchev–Trinajstić information content (AvgIpc) is 2.91. The monoisotopic (exact) mass is 257 g/mol. The highest BCUT2D eigenvalue weighted by Gasteiger charge is 2.20. The van der Waals surface area contributed by atoms with Crippen molar-refractivity contribution in [2.45, 2.75) is 51.5 Å². The SMILES string of the molecule is CCCC1CCC(Nc2cccc3nccn23)CC1. The second-order valence-corrected chi connectivity index (χ2v) is 5.72. The van der Waals surface area contributed by atoms with Crippen LogP contribution in [-0.4, -0.2) is 15.4 Å². The predicted molar refractivity (Wildman–Crippen MR) is 79.5 cm³/mol. The lowest BCUT2D eigenvalue weighted by atomic mass is 9.83. The number of hydrogen-bond acceptors (Lipinski definition) is 2. The van der Waals surface area contributed by atoms with Gasteiger partial charge in [-0.15, -0.1) is 0 Å². The van der Waals surface area contributed by atoms with Crippen LogP contribution in [0.25, 0.3) is 5.65 Å². The summed E-state index contributed by atoms with van der Waals surface area (Å²) in [7, 11) is 0. The van der Waals surface area contributed by atoms with Gasteiger partial charge in [-0.1, -0.05) is 25.8 Å². The molecule has 2 aromatic heterocycles. The molecule has 0 spiro atoms. The average molecular weight is 257 g/mol. The maximum Gasteiger partial charge on any atom is 0.138 e. The Bertz CT molecular complexity index is 524. The van der Waals surface area contributed by atoms with Crippen LogP contribution in [0.5, 0.6) is 0 Å². The van der Waals surface area contributed by atoms with Crippen molar-refractivity contribution in [2.24, 2.45) is 5.92 Å². The Balaban J connectivity index is 1.65. The van der Waals surface area contributed by atoms with Crippen LogP contribution in [0.1, 0.15) is 45.4 Å². The molecule has 0 atom stereocenters. The summed E-state index contributed by atoms with van der Waals surface area (Å²) in [4.78, 5) is 4.33. The number of nitrogens with zero attached hydrogens (tertiary/aromatic N) is 2. The first-order chi connectivity index (χ1) is 9.36. The van der Waals surface area contributed by atoms with Crippen molar-refractivity contribution in [3.63, 3.8) is 0 Å². The van der Waals surface area contributed by atoms with Crippen LogP contribution in [0.4, 0.5) is 5.82 Å². The highest BCUT2D eigenvalue weighted by molar-refractivity contribution is 5.50. The Kier molecular flexibility index (Phi) is 3.72. The van der Waals surface area contributed by atoms with Crippen molar-refractivity contribution >= 4 is 11.5 Å². The zero-order valence-electron chi connectivity index (χ0n) is 11.7. The van der Waals surface area contributed by atoms with Gasteiger partial charge in [-0.2, -0.15) is 0 Å². The van der Waals surface area contributed by atoms with E-state index in [1.54, 1.807) is 0 Å². The third kappa shape index (κ3) is 2.75. The number of aromatic nitrogens is 2. The highest BCUT2D eigenvalue weighted by Crippen LogP contribution is 2.29. The molecule has 0 unspecified atom stereocenters. The summed E-state index contributed by atoms with van der Waals surface area (Å²) in [5.74, 6) is 2.14. The fourth-order valence-electron chi connectivity index (χ4n) is 3.28. The van der Waals surface area contributed by atoms with Gasteiger partial charge in [0.1, 0.15) is 11.5 Å². The molecule has 0 radical (unpaired) electrons. The molecule has 1 aliphatic rings. The lowest BCUT2D eigenvalue weighted by Crippen LogP contribution is -2.26. The van der Waals surface area contributed by atoms with Crippen molar-refractivity contribution in [3.8, 4) is 0 Å². The van der Waals surface area contributed by atoms with Crippen LogP contribution in [-0.2, 0) is 0 Å². The third-order valence-corrected chi connectivity index (χ3v) is 4.32. The molecule has 3 rings (SSSR count). The summed E-state index contributed by atoms with van der Waals surface area (Å²) in [5, 5.41) is 3.70. The van der Waals surface area contributed by atoms with E-state index in [0.717, 1.165) is 11.6 Å². The molecule has 1 fully saturated rings. The lowest BCUT2D eigenvalue weighted by Gasteiger charge is -2.29. The number of nitrogens with one attached hydrogen (secondary N) is 1. The largest absolute Gasteiger partial charge is 0.368 e. The number of hydrogen-bond donors (Lipinski definition) is 1. The van der Waals surface area contributed by atoms with E-state index in [1.807, 2.05) is 18.5 Å². The van der Waals surface area contributed by atoms with E-state index in [1.165, 1.54) is 44.3 Å². The Hall–Kier alpha value is -1.51. The molecule has 2 aromatic rings. The molecule has 0 saturated heterocycles. The van der Waals surface area contributed by atoms with E-state index in [9.17, 15) is 0 Å². The minimum absolute atomic E-state index is 0.626. The molecule has 102 valence electrons. The van der Waals surface area contributed by atoms with Crippen LogP contribution in [0.3, 0.4) is 0 Å². The highest BCUT2D eigenvalue weighted by atomic mass is 15.1. The van der Waals surface area contributed by atoms with Gasteiger partial charge in [0.2, 0.25) is 0 Å². The van der Waals surface area contributed by atoms with Gasteiger partial charge in [-0.3, -0.25) is 4.40 Å². The van der Waals surface area contributed by atoms with Crippen LogP contribution >= 0.6 is 0 Å². The quantitative estimate of drug-likeness (QED) is 0.893. The van der Waals surface area contributed by atoms with Crippen molar-refractivity contribution in [2.75, 3.05) is 5.32 Å². The van der Waals surface area contributed by atoms with Gasteiger partial charge < -0.3 is 5.32 Å². The van der Waals surface area contributed by atoms with E-state index >= 15 is 0 Å². The van der Waals surface area contributed by atoms with Crippen molar-refractivity contribution < 1.29 is 0 Å². The minimum Gasteiger partial charge on any atom is -0.368 e. The molecular weight excluding hydrogens is 234 g/mol. The Labute approximate surface area is 115 Å². The van der Waals surface area contributed by atoms with E-state index in [4.69, 9.17) is 0 Å². The van der Waals surface area contributed by atoms with Gasteiger partial charge >= 0.3 is 0 Å². The molecule has 2 heterocycles. The third-order valence-electron chi connectivity index (χ3n) is 4.32. The first kappa shape index (κ1) is 12.5. The molecule has 0 bridgehead atoms. The second kappa shape index (κ2) is 5.64. The summed E-state index contributed by atoms with van der Waals surface area (Å²) < 4.78 is 2.14. The van der Waals surface area contributed by atoms with Crippen LogP contribution < -0.4 is 5.32 Å². The molecule has 1 N–H and O–H groups in total. The lowest BCUT2D eigenvalue weighted by molar-refractivity contribution is 0.318. The smallest absolute Gasteiger partial charge is 0.138 e. The standard InChI is InChI=1S/C16H23N3/c1-2-4-13-7-9-14(10-8-13)18-16-6-3-5-15-17-11-12-19(15)16/h3,5-6,11-14,18H,2,4,7-10H2,1H3. The van der Waals surface area contributed by atoms with Crippen LogP contribution in [0.2, 0.25) is 0 Å². The van der Waals surface area contributed by atoms with Crippen molar-refractivity contribution in [1.82, 2.24) is 9.38 Å². The van der Waals surface area contributed by atoms with E-state index in [2.05, 4.69) is 33.8 Å². The summed E-state index contributed by atoms with van der Waals surface area (Å²) in [5.41, 5.74) is 1.02. The maximum absolute atomic E-state index is 4.33. The Morgan fingerprint density at radius 2 is 2.11 bits per heavy atom. The fraction of sp³-hybridized carbons (Fsp3) is 0.562. The topological polar surface area (TPSA) is 29.3 Å². The molecule has 0 aliphatic heterocycles. The van der Waals surface area contributed by atoms with Gasteiger partial charge in [0.15, 0.2) is 0 Å². The van der Waals surface area contributed by atoms with Crippen LogP contribution in [0, 0.1) is 5.92 Å². The molecule has 1 aliphatic carbocycles. The minimum atomic E-state index is 0.626. The molecule has 3 heteroatoms. The number of imidazole rings is 1. The summed E-state index contributed by atoms with van der Waals surface area (Å²) in [6.07, 6.45) is 12.0. The fourth-order valence-corrected chi connectivity index (χ4v) is 3.28. The van der Waals surface area contributed by atoms with Gasteiger partial charge in [-0.05, 0) is 43.7 Å². The first-order valence-corrected chi connectivity index (χ1v) is 7.55. The predicted octanol–water partition coefficient (Wildman–Crippen LogP) is 4.11.